The molecular weight excluding hydrogens is 281 g/mol. The summed E-state index contributed by atoms with van der Waals surface area (Å²) in [4.78, 5) is 0. The Bertz CT molecular complexity index is 873. The average molecular weight is 296 g/mol. The molecule has 22 heavy (non-hydrogen) atoms. The first-order valence-corrected chi connectivity index (χ1v) is 7.33. The SMILES string of the molecule is CC1=[N+]2C(=C(c3ccccc3)c3ccc(C)n3[B-]2(F)F)C=C1. The van der Waals surface area contributed by atoms with Gasteiger partial charge >= 0.3 is 6.97 Å². The van der Waals surface area contributed by atoms with Gasteiger partial charge in [-0.1, -0.05) is 30.3 Å². The highest BCUT2D eigenvalue weighted by Crippen LogP contribution is 2.40. The molecule has 3 heterocycles. The molecule has 0 spiro atoms. The number of nitrogens with zero attached hydrogens (tertiary/aromatic N) is 2. The molecule has 0 fully saturated rings. The van der Waals surface area contributed by atoms with E-state index in [1.165, 1.54) is 8.96 Å². The standard InChI is InChI=1S/C17H15BF2N2/c1-12-8-10-15-17(14-6-4-3-5-7-14)16-11-9-13(2)22(16)18(19,20)21(12)15/h3-11H,1-2H3. The molecule has 0 atom stereocenters. The first-order chi connectivity index (χ1) is 10.5. The van der Waals surface area contributed by atoms with Crippen LogP contribution in [0.4, 0.5) is 8.63 Å². The van der Waals surface area contributed by atoms with E-state index in [1.807, 2.05) is 30.3 Å². The molecule has 0 N–H and O–H groups in total. The zero-order chi connectivity index (χ0) is 15.5. The van der Waals surface area contributed by atoms with E-state index in [-0.39, 0.29) is 0 Å². The van der Waals surface area contributed by atoms with E-state index < -0.39 is 6.97 Å². The fraction of sp³-hybridized carbons (Fsp3) is 0.118. The van der Waals surface area contributed by atoms with Crippen LogP contribution < -0.4 is 0 Å². The highest BCUT2D eigenvalue weighted by Gasteiger charge is 2.53. The molecule has 1 aromatic carbocycles. The Morgan fingerprint density at radius 2 is 1.68 bits per heavy atom. The average Bonchev–Trinajstić information content (AvgIpc) is 3.06. The number of halogens is 2. The van der Waals surface area contributed by atoms with Gasteiger partial charge in [-0.2, -0.15) is 0 Å². The van der Waals surface area contributed by atoms with Crippen molar-refractivity contribution in [1.82, 2.24) is 4.48 Å². The predicted molar refractivity (Wildman–Crippen MR) is 85.1 cm³/mol. The highest BCUT2D eigenvalue weighted by atomic mass is 19.2. The summed E-state index contributed by atoms with van der Waals surface area (Å²) in [6.45, 7) is -0.396. The Labute approximate surface area is 127 Å². The number of aryl methyl sites for hydroxylation is 1. The molecule has 0 saturated heterocycles. The Kier molecular flexibility index (Phi) is 2.58. The van der Waals surface area contributed by atoms with Crippen LogP contribution in [0.1, 0.15) is 23.9 Å². The van der Waals surface area contributed by atoms with Gasteiger partial charge < -0.3 is 17.6 Å². The first kappa shape index (κ1) is 13.3. The van der Waals surface area contributed by atoms with E-state index in [1.54, 1.807) is 38.1 Å². The van der Waals surface area contributed by atoms with E-state index in [4.69, 9.17) is 0 Å². The third kappa shape index (κ3) is 1.56. The molecule has 110 valence electrons. The van der Waals surface area contributed by atoms with E-state index in [9.17, 15) is 0 Å². The van der Waals surface area contributed by atoms with Gasteiger partial charge in [-0.3, -0.25) is 0 Å². The smallest absolute Gasteiger partial charge is 0.393 e. The van der Waals surface area contributed by atoms with Gasteiger partial charge in [0.1, 0.15) is 5.71 Å². The van der Waals surface area contributed by atoms with E-state index >= 15 is 8.63 Å². The van der Waals surface area contributed by atoms with Crippen molar-refractivity contribution in [2.45, 2.75) is 13.8 Å². The van der Waals surface area contributed by atoms with Crippen LogP contribution in [0.5, 0.6) is 0 Å². The molecule has 0 unspecified atom stereocenters. The normalized spacial score (nSPS) is 18.7. The maximum Gasteiger partial charge on any atom is 0.737 e. The lowest BCUT2D eigenvalue weighted by Crippen LogP contribution is -2.51. The van der Waals surface area contributed by atoms with Gasteiger partial charge in [0.25, 0.3) is 0 Å². The predicted octanol–water partition coefficient (Wildman–Crippen LogP) is 3.84. The lowest BCUT2D eigenvalue weighted by Gasteiger charge is -2.32. The second-order valence-electron chi connectivity index (χ2n) is 5.79. The molecule has 0 amide bonds. The van der Waals surface area contributed by atoms with Crippen LogP contribution >= 0.6 is 0 Å². The van der Waals surface area contributed by atoms with Gasteiger partial charge in [0, 0.05) is 24.8 Å². The number of hydrogen-bond donors (Lipinski definition) is 0. The van der Waals surface area contributed by atoms with Crippen molar-refractivity contribution in [1.29, 1.82) is 0 Å². The minimum Gasteiger partial charge on any atom is -0.393 e. The number of aromatic nitrogens is 1. The summed E-state index contributed by atoms with van der Waals surface area (Å²) < 4.78 is 32.5. The Morgan fingerprint density at radius 1 is 0.955 bits per heavy atom. The van der Waals surface area contributed by atoms with Gasteiger partial charge in [0.15, 0.2) is 5.70 Å². The molecular formula is C17H15BF2N2. The van der Waals surface area contributed by atoms with E-state index in [0.717, 1.165) is 11.1 Å². The van der Waals surface area contributed by atoms with Crippen LogP contribution in [-0.2, 0) is 0 Å². The van der Waals surface area contributed by atoms with Crippen molar-refractivity contribution in [3.63, 3.8) is 0 Å². The molecule has 0 aliphatic carbocycles. The van der Waals surface area contributed by atoms with Crippen molar-refractivity contribution in [2.24, 2.45) is 0 Å². The van der Waals surface area contributed by atoms with Gasteiger partial charge in [0.05, 0.1) is 5.57 Å². The number of rotatable bonds is 1. The number of benzene rings is 1. The van der Waals surface area contributed by atoms with Crippen molar-refractivity contribution in [3.8, 4) is 0 Å². The Morgan fingerprint density at radius 3 is 2.41 bits per heavy atom. The molecule has 2 nitrogen and oxygen atoms in total. The summed E-state index contributed by atoms with van der Waals surface area (Å²) in [6, 6.07) is 13.3. The minimum absolute atomic E-state index is 0.576. The summed E-state index contributed by atoms with van der Waals surface area (Å²) in [6.07, 6.45) is 3.55. The molecule has 5 heteroatoms. The maximum atomic E-state index is 15.0. The summed E-state index contributed by atoms with van der Waals surface area (Å²) in [5.74, 6) is 0. The van der Waals surface area contributed by atoms with Crippen LogP contribution in [0.15, 0.2) is 60.3 Å². The number of hydrogen-bond acceptors (Lipinski definition) is 0. The highest BCUT2D eigenvalue weighted by molar-refractivity contribution is 6.58. The Hall–Kier alpha value is -2.43. The Balaban J connectivity index is 2.13. The largest absolute Gasteiger partial charge is 0.737 e. The maximum absolute atomic E-state index is 15.0. The minimum atomic E-state index is -3.85. The molecule has 2 aliphatic heterocycles. The van der Waals surface area contributed by atoms with Crippen molar-refractivity contribution in [2.75, 3.05) is 0 Å². The number of allylic oxidation sites excluding steroid dienone is 2. The fourth-order valence-corrected chi connectivity index (χ4v) is 3.48. The van der Waals surface area contributed by atoms with Crippen molar-refractivity contribution < 1.29 is 13.1 Å². The van der Waals surface area contributed by atoms with Crippen LogP contribution in [0.25, 0.3) is 5.57 Å². The summed E-state index contributed by atoms with van der Waals surface area (Å²) >= 11 is 0. The lowest BCUT2D eigenvalue weighted by molar-refractivity contribution is -0.362. The van der Waals surface area contributed by atoms with Crippen molar-refractivity contribution >= 4 is 18.3 Å². The third-order valence-electron chi connectivity index (χ3n) is 4.44. The molecule has 1 aromatic heterocycles. The zero-order valence-corrected chi connectivity index (χ0v) is 12.4. The van der Waals surface area contributed by atoms with Gasteiger partial charge in [-0.05, 0) is 30.3 Å². The van der Waals surface area contributed by atoms with E-state index in [0.29, 0.717) is 22.8 Å². The van der Waals surface area contributed by atoms with Gasteiger partial charge in [0.2, 0.25) is 0 Å². The van der Waals surface area contributed by atoms with Crippen LogP contribution in [0.2, 0.25) is 0 Å². The van der Waals surface area contributed by atoms with Crippen LogP contribution in [0, 0.1) is 6.92 Å². The number of fused-ring (bicyclic) bond motifs is 2. The third-order valence-corrected chi connectivity index (χ3v) is 4.44. The lowest BCUT2D eigenvalue weighted by atomic mass is 9.86. The van der Waals surface area contributed by atoms with E-state index in [2.05, 4.69) is 0 Å². The van der Waals surface area contributed by atoms with Crippen molar-refractivity contribution in [3.05, 3.63) is 77.3 Å². The second kappa shape index (κ2) is 4.29. The molecule has 0 saturated carbocycles. The monoisotopic (exact) mass is 296 g/mol. The summed E-state index contributed by atoms with van der Waals surface area (Å²) in [7, 11) is 0. The first-order valence-electron chi connectivity index (χ1n) is 7.33. The zero-order valence-electron chi connectivity index (χ0n) is 12.4. The van der Waals surface area contributed by atoms with Gasteiger partial charge in [-0.15, -0.1) is 0 Å². The molecule has 2 aliphatic rings. The second-order valence-corrected chi connectivity index (χ2v) is 5.79. The van der Waals surface area contributed by atoms with Crippen LogP contribution in [-0.4, -0.2) is 21.6 Å². The summed E-state index contributed by atoms with van der Waals surface area (Å²) in [5, 5.41) is 0. The summed E-state index contributed by atoms with van der Waals surface area (Å²) in [5.41, 5.74) is 4.13. The molecule has 4 rings (SSSR count). The van der Waals surface area contributed by atoms with Crippen LogP contribution in [0.3, 0.4) is 0 Å². The molecule has 0 radical (unpaired) electrons. The fourth-order valence-electron chi connectivity index (χ4n) is 3.48. The topological polar surface area (TPSA) is 7.94 Å². The molecule has 0 bridgehead atoms. The molecule has 2 aromatic rings. The van der Waals surface area contributed by atoms with Gasteiger partial charge in [-0.25, -0.2) is 0 Å². The quantitative estimate of drug-likeness (QED) is 0.707.